The van der Waals surface area contributed by atoms with E-state index in [2.05, 4.69) is 10.5 Å². The van der Waals surface area contributed by atoms with Crippen LogP contribution in [0, 0.1) is 0 Å². The Hall–Kier alpha value is -2.08. The summed E-state index contributed by atoms with van der Waals surface area (Å²) in [6.45, 7) is 3.30. The molecule has 2 atom stereocenters. The van der Waals surface area contributed by atoms with Gasteiger partial charge >= 0.3 is 0 Å². The van der Waals surface area contributed by atoms with Crippen molar-refractivity contribution in [2.24, 2.45) is 5.10 Å². The molecule has 0 saturated carbocycles. The second-order valence-corrected chi connectivity index (χ2v) is 5.86. The molecule has 1 amide bonds. The first-order valence-electron chi connectivity index (χ1n) is 7.37. The van der Waals surface area contributed by atoms with E-state index in [4.69, 9.17) is 14.2 Å². The molecule has 0 aromatic heterocycles. The van der Waals surface area contributed by atoms with Crippen LogP contribution in [0.5, 0.6) is 11.5 Å². The number of hydrogen-bond acceptors (Lipinski definition) is 5. The molecular weight excluding hydrogens is 284 g/mol. The molecule has 0 spiro atoms. The first-order chi connectivity index (χ1) is 10.6. The summed E-state index contributed by atoms with van der Waals surface area (Å²) < 4.78 is 16.7. The average Bonchev–Trinajstić information content (AvgIpc) is 3.00. The Balaban J connectivity index is 1.90. The van der Waals surface area contributed by atoms with Crippen molar-refractivity contribution in [2.75, 3.05) is 20.3 Å². The molecular formula is C16H20N2O4. The minimum absolute atomic E-state index is 0.0419. The number of nitrogens with zero attached hydrogens (tertiary/aromatic N) is 1. The van der Waals surface area contributed by atoms with Gasteiger partial charge < -0.3 is 14.2 Å². The second-order valence-electron chi connectivity index (χ2n) is 5.86. The van der Waals surface area contributed by atoms with E-state index in [0.717, 1.165) is 18.6 Å². The first-order valence-corrected chi connectivity index (χ1v) is 7.37. The molecule has 1 saturated heterocycles. The standard InChI is InChI=1S/C16H20N2O4/c1-16(8-15(19)18-17-10-16)11-3-4-13(20-2)14(7-11)22-12-5-6-21-9-12/h3-4,7,10,12H,5-6,8-9H2,1-2H3,(H,18,19). The topological polar surface area (TPSA) is 69.2 Å². The van der Waals surface area contributed by atoms with E-state index in [0.29, 0.717) is 24.5 Å². The lowest BCUT2D eigenvalue weighted by Crippen LogP contribution is -2.37. The zero-order chi connectivity index (χ0) is 15.6. The van der Waals surface area contributed by atoms with Crippen molar-refractivity contribution in [2.45, 2.75) is 31.3 Å². The highest BCUT2D eigenvalue weighted by molar-refractivity contribution is 5.89. The van der Waals surface area contributed by atoms with Crippen LogP contribution in [0.2, 0.25) is 0 Å². The van der Waals surface area contributed by atoms with Gasteiger partial charge in [-0.05, 0) is 24.6 Å². The number of hydrogen-bond donors (Lipinski definition) is 1. The number of methoxy groups -OCH3 is 1. The van der Waals surface area contributed by atoms with Crippen LogP contribution in [0.15, 0.2) is 23.3 Å². The molecule has 2 aliphatic heterocycles. The van der Waals surface area contributed by atoms with E-state index in [9.17, 15) is 4.79 Å². The van der Waals surface area contributed by atoms with Crippen molar-refractivity contribution in [1.29, 1.82) is 0 Å². The first kappa shape index (κ1) is 14.8. The maximum Gasteiger partial charge on any atom is 0.241 e. The fourth-order valence-electron chi connectivity index (χ4n) is 2.75. The van der Waals surface area contributed by atoms with Gasteiger partial charge in [0.25, 0.3) is 0 Å². The molecule has 118 valence electrons. The Morgan fingerprint density at radius 2 is 2.27 bits per heavy atom. The van der Waals surface area contributed by atoms with Crippen molar-refractivity contribution < 1.29 is 19.0 Å². The number of rotatable bonds is 4. The predicted molar refractivity (Wildman–Crippen MR) is 81.4 cm³/mol. The zero-order valence-corrected chi connectivity index (χ0v) is 12.8. The van der Waals surface area contributed by atoms with E-state index in [1.54, 1.807) is 13.3 Å². The van der Waals surface area contributed by atoms with Crippen LogP contribution in [0.3, 0.4) is 0 Å². The third kappa shape index (κ3) is 2.92. The fraction of sp³-hybridized carbons (Fsp3) is 0.500. The SMILES string of the molecule is COc1ccc(C2(C)C=NNC(=O)C2)cc1OC1CCOC1. The van der Waals surface area contributed by atoms with Gasteiger partial charge in [-0.25, -0.2) is 5.43 Å². The smallest absolute Gasteiger partial charge is 0.241 e. The third-order valence-corrected chi connectivity index (χ3v) is 4.07. The van der Waals surface area contributed by atoms with Gasteiger partial charge in [-0.2, -0.15) is 5.10 Å². The van der Waals surface area contributed by atoms with Crippen molar-refractivity contribution in [3.8, 4) is 11.5 Å². The summed E-state index contributed by atoms with van der Waals surface area (Å²) in [7, 11) is 1.62. The van der Waals surface area contributed by atoms with Crippen molar-refractivity contribution in [3.63, 3.8) is 0 Å². The molecule has 0 aliphatic carbocycles. The summed E-state index contributed by atoms with van der Waals surface area (Å²) in [5.74, 6) is 1.26. The number of carbonyl (C=O) groups excluding carboxylic acids is 1. The van der Waals surface area contributed by atoms with Crippen LogP contribution in [-0.2, 0) is 14.9 Å². The summed E-state index contributed by atoms with van der Waals surface area (Å²) >= 11 is 0. The number of carbonyl (C=O) groups is 1. The largest absolute Gasteiger partial charge is 0.493 e. The van der Waals surface area contributed by atoms with Crippen LogP contribution in [0.4, 0.5) is 0 Å². The molecule has 3 rings (SSSR count). The van der Waals surface area contributed by atoms with Gasteiger partial charge in [-0.1, -0.05) is 6.07 Å². The monoisotopic (exact) mass is 304 g/mol. The average molecular weight is 304 g/mol. The molecule has 2 unspecified atom stereocenters. The molecule has 22 heavy (non-hydrogen) atoms. The minimum atomic E-state index is -0.446. The minimum Gasteiger partial charge on any atom is -0.493 e. The highest BCUT2D eigenvalue weighted by Gasteiger charge is 2.32. The lowest BCUT2D eigenvalue weighted by Gasteiger charge is -2.28. The molecule has 6 nitrogen and oxygen atoms in total. The van der Waals surface area contributed by atoms with Gasteiger partial charge in [-0.15, -0.1) is 0 Å². The zero-order valence-electron chi connectivity index (χ0n) is 12.8. The van der Waals surface area contributed by atoms with Crippen LogP contribution < -0.4 is 14.9 Å². The Labute approximate surface area is 129 Å². The van der Waals surface area contributed by atoms with Gasteiger partial charge in [0.05, 0.1) is 20.3 Å². The van der Waals surface area contributed by atoms with Gasteiger partial charge in [0.2, 0.25) is 5.91 Å². The molecule has 1 aromatic rings. The number of nitrogens with one attached hydrogen (secondary N) is 1. The lowest BCUT2D eigenvalue weighted by molar-refractivity contribution is -0.122. The summed E-state index contributed by atoms with van der Waals surface area (Å²) in [5, 5.41) is 3.95. The molecule has 2 aliphatic rings. The number of benzene rings is 1. The molecule has 0 bridgehead atoms. The Bertz CT molecular complexity index is 596. The Kier molecular flexibility index (Phi) is 4.02. The number of hydrazone groups is 1. The summed E-state index contributed by atoms with van der Waals surface area (Å²) in [4.78, 5) is 11.6. The van der Waals surface area contributed by atoms with E-state index in [-0.39, 0.29) is 12.0 Å². The fourth-order valence-corrected chi connectivity index (χ4v) is 2.75. The Morgan fingerprint density at radius 3 is 2.95 bits per heavy atom. The van der Waals surface area contributed by atoms with E-state index in [1.807, 2.05) is 25.1 Å². The van der Waals surface area contributed by atoms with Gasteiger partial charge in [0, 0.05) is 24.5 Å². The molecule has 2 heterocycles. The predicted octanol–water partition coefficient (Wildman–Crippen LogP) is 1.63. The summed E-state index contributed by atoms with van der Waals surface area (Å²) in [6, 6.07) is 5.75. The maximum absolute atomic E-state index is 11.6. The van der Waals surface area contributed by atoms with Crippen LogP contribution in [0.1, 0.15) is 25.3 Å². The van der Waals surface area contributed by atoms with Gasteiger partial charge in [0.1, 0.15) is 6.10 Å². The molecule has 1 N–H and O–H groups in total. The lowest BCUT2D eigenvalue weighted by atomic mass is 9.79. The number of ether oxygens (including phenoxy) is 3. The molecule has 0 radical (unpaired) electrons. The highest BCUT2D eigenvalue weighted by Crippen LogP contribution is 2.36. The summed E-state index contributed by atoms with van der Waals surface area (Å²) in [6.07, 6.45) is 3.03. The normalized spacial score (nSPS) is 27.5. The van der Waals surface area contributed by atoms with Crippen molar-refractivity contribution in [3.05, 3.63) is 23.8 Å². The highest BCUT2D eigenvalue weighted by atomic mass is 16.6. The van der Waals surface area contributed by atoms with E-state index in [1.165, 1.54) is 0 Å². The van der Waals surface area contributed by atoms with Crippen LogP contribution >= 0.6 is 0 Å². The van der Waals surface area contributed by atoms with Crippen molar-refractivity contribution >= 4 is 12.1 Å². The second kappa shape index (κ2) is 5.96. The maximum atomic E-state index is 11.6. The van der Waals surface area contributed by atoms with E-state index < -0.39 is 5.41 Å². The van der Waals surface area contributed by atoms with Crippen LogP contribution in [-0.4, -0.2) is 38.5 Å². The van der Waals surface area contributed by atoms with Crippen molar-refractivity contribution in [1.82, 2.24) is 5.43 Å². The van der Waals surface area contributed by atoms with E-state index >= 15 is 0 Å². The Morgan fingerprint density at radius 1 is 1.41 bits per heavy atom. The quantitative estimate of drug-likeness (QED) is 0.918. The molecule has 6 heteroatoms. The van der Waals surface area contributed by atoms with Gasteiger partial charge in [0.15, 0.2) is 11.5 Å². The third-order valence-electron chi connectivity index (χ3n) is 4.07. The molecule has 1 fully saturated rings. The van der Waals surface area contributed by atoms with Crippen LogP contribution in [0.25, 0.3) is 0 Å². The number of amides is 1. The summed E-state index contributed by atoms with van der Waals surface area (Å²) in [5.41, 5.74) is 2.99. The van der Waals surface area contributed by atoms with Gasteiger partial charge in [-0.3, -0.25) is 4.79 Å². The molecule has 1 aromatic carbocycles.